The minimum absolute atomic E-state index is 0.0543. The first-order valence-corrected chi connectivity index (χ1v) is 25.7. The number of allylic oxidation sites excluding steroid dienone is 11. The summed E-state index contributed by atoms with van der Waals surface area (Å²) < 4.78 is 16.6. The van der Waals surface area contributed by atoms with Crippen molar-refractivity contribution in [1.29, 1.82) is 0 Å². The highest BCUT2D eigenvalue weighted by Gasteiger charge is 2.44. The van der Waals surface area contributed by atoms with Crippen LogP contribution in [0.5, 0.6) is 0 Å². The molecule has 1 aliphatic rings. The molecular weight excluding hydrogens is 823 g/mol. The number of unbranched alkanes of at least 4 members (excludes halogenated alkanes) is 19. The van der Waals surface area contributed by atoms with Crippen molar-refractivity contribution in [3.05, 3.63) is 72.9 Å². The van der Waals surface area contributed by atoms with Crippen LogP contribution in [0.3, 0.4) is 0 Å². The summed E-state index contributed by atoms with van der Waals surface area (Å²) >= 11 is 0. The van der Waals surface area contributed by atoms with Gasteiger partial charge in [0.15, 0.2) is 6.29 Å². The molecule has 6 N–H and O–H groups in total. The highest BCUT2D eigenvalue weighted by molar-refractivity contribution is 5.76. The predicted molar refractivity (Wildman–Crippen MR) is 264 cm³/mol. The van der Waals surface area contributed by atoms with E-state index in [4.69, 9.17) is 14.2 Å². The quantitative estimate of drug-likeness (QED) is 0.0150. The summed E-state index contributed by atoms with van der Waals surface area (Å²) in [5.41, 5.74) is 0. The fourth-order valence-corrected chi connectivity index (χ4v) is 7.40. The number of rotatable bonds is 42. The molecule has 0 aromatic rings. The molecule has 0 bridgehead atoms. The van der Waals surface area contributed by atoms with E-state index in [9.17, 15) is 35.1 Å². The van der Waals surface area contributed by atoms with Crippen molar-refractivity contribution in [2.75, 3.05) is 19.8 Å². The molecule has 11 heteroatoms. The van der Waals surface area contributed by atoms with E-state index in [1.807, 2.05) is 6.08 Å². The fraction of sp³-hybridized carbons (Fsp3) is 0.741. The summed E-state index contributed by atoms with van der Waals surface area (Å²) in [7, 11) is 0. The van der Waals surface area contributed by atoms with E-state index < -0.39 is 49.5 Å². The Morgan fingerprint density at radius 3 is 1.69 bits per heavy atom. The average Bonchev–Trinajstić information content (AvgIpc) is 3.30. The Morgan fingerprint density at radius 2 is 1.09 bits per heavy atom. The molecule has 0 radical (unpaired) electrons. The summed E-state index contributed by atoms with van der Waals surface area (Å²) in [5, 5.41) is 54.0. The van der Waals surface area contributed by atoms with Crippen LogP contribution in [0.4, 0.5) is 0 Å². The highest BCUT2D eigenvalue weighted by atomic mass is 16.7. The molecule has 7 unspecified atom stereocenters. The van der Waals surface area contributed by atoms with Crippen molar-refractivity contribution in [2.24, 2.45) is 0 Å². The summed E-state index contributed by atoms with van der Waals surface area (Å²) in [4.78, 5) is 25.0. The predicted octanol–water partition coefficient (Wildman–Crippen LogP) is 10.5. The zero-order valence-electron chi connectivity index (χ0n) is 40.7. The largest absolute Gasteiger partial charge is 0.466 e. The normalized spacial score (nSPS) is 20.4. The summed E-state index contributed by atoms with van der Waals surface area (Å²) in [6.45, 7) is 4.06. The second-order valence-electron chi connectivity index (χ2n) is 17.5. The maximum atomic E-state index is 12.9. The van der Waals surface area contributed by atoms with Gasteiger partial charge < -0.3 is 45.1 Å². The van der Waals surface area contributed by atoms with E-state index in [0.717, 1.165) is 103 Å². The lowest BCUT2D eigenvalue weighted by Gasteiger charge is -2.40. The van der Waals surface area contributed by atoms with Crippen LogP contribution in [0.25, 0.3) is 0 Å². The number of esters is 1. The molecule has 0 aromatic carbocycles. The molecule has 11 nitrogen and oxygen atoms in total. The van der Waals surface area contributed by atoms with Crippen molar-refractivity contribution >= 4 is 11.9 Å². The molecule has 0 saturated carbocycles. The van der Waals surface area contributed by atoms with Gasteiger partial charge in [0.05, 0.1) is 32.0 Å². The van der Waals surface area contributed by atoms with Crippen molar-refractivity contribution in [3.8, 4) is 0 Å². The monoisotopic (exact) mass is 916 g/mol. The molecule has 1 aliphatic heterocycles. The zero-order valence-corrected chi connectivity index (χ0v) is 40.7. The Hall–Kier alpha value is -2.90. The number of aliphatic hydroxyl groups is 5. The standard InChI is InChI=1S/C54H93NO10/c1-3-5-7-9-11-13-15-22-26-30-34-38-42-50(59)63-43-39-35-31-27-23-20-18-16-17-19-21-25-29-33-37-41-49(58)55-46(45-64-54-53(62)52(61)51(60)48(44-56)65-54)47(57)40-36-32-28-24-14-12-10-8-6-4-2/h6,8,11,13-14,16,18,20,23-24,36,40,46-48,51-54,56-57,60-62H,3-5,7,9-10,12,15,17,19,21-22,25-35,37-39,41-45H2,1-2H3,(H,55,58)/b8-6+,13-11-,18-16-,23-20-,24-14+,40-36+. The van der Waals surface area contributed by atoms with Crippen molar-refractivity contribution in [2.45, 2.75) is 236 Å². The molecule has 0 aliphatic carbocycles. The van der Waals surface area contributed by atoms with Gasteiger partial charge in [-0.05, 0) is 109 Å². The van der Waals surface area contributed by atoms with Gasteiger partial charge in [-0.15, -0.1) is 0 Å². The molecule has 65 heavy (non-hydrogen) atoms. The lowest BCUT2D eigenvalue weighted by molar-refractivity contribution is -0.302. The minimum atomic E-state index is -1.59. The molecule has 1 rings (SSSR count). The Bertz CT molecular complexity index is 1310. The van der Waals surface area contributed by atoms with Gasteiger partial charge in [0, 0.05) is 12.8 Å². The van der Waals surface area contributed by atoms with E-state index in [1.165, 1.54) is 51.4 Å². The average molecular weight is 916 g/mol. The summed E-state index contributed by atoms with van der Waals surface area (Å²) in [6.07, 6.45) is 45.7. The Labute approximate surface area is 394 Å². The molecule has 0 spiro atoms. The lowest BCUT2D eigenvalue weighted by Crippen LogP contribution is -2.60. The van der Waals surface area contributed by atoms with Gasteiger partial charge >= 0.3 is 5.97 Å². The molecule has 1 fully saturated rings. The highest BCUT2D eigenvalue weighted by Crippen LogP contribution is 2.22. The number of aliphatic hydroxyl groups excluding tert-OH is 5. The summed E-state index contributed by atoms with van der Waals surface area (Å²) in [5.74, 6) is -0.279. The number of ether oxygens (including phenoxy) is 3. The van der Waals surface area contributed by atoms with Gasteiger partial charge in [-0.1, -0.05) is 145 Å². The number of hydrogen-bond acceptors (Lipinski definition) is 10. The van der Waals surface area contributed by atoms with Gasteiger partial charge in [0.2, 0.25) is 5.91 Å². The Balaban J connectivity index is 2.19. The zero-order chi connectivity index (χ0) is 47.4. The third-order valence-electron chi connectivity index (χ3n) is 11.5. The molecular formula is C54H93NO10. The second kappa shape index (κ2) is 43.7. The number of amides is 1. The molecule has 1 heterocycles. The lowest BCUT2D eigenvalue weighted by atomic mass is 9.99. The number of carbonyl (C=O) groups is 2. The molecule has 7 atom stereocenters. The van der Waals surface area contributed by atoms with Gasteiger partial charge in [-0.2, -0.15) is 0 Å². The molecule has 1 saturated heterocycles. The van der Waals surface area contributed by atoms with Crippen LogP contribution in [-0.4, -0.2) is 100 Å². The first-order chi connectivity index (χ1) is 31.7. The van der Waals surface area contributed by atoms with Gasteiger partial charge in [-0.25, -0.2) is 0 Å². The molecule has 374 valence electrons. The van der Waals surface area contributed by atoms with Crippen molar-refractivity contribution in [1.82, 2.24) is 5.32 Å². The van der Waals surface area contributed by atoms with E-state index in [-0.39, 0.29) is 18.5 Å². The maximum Gasteiger partial charge on any atom is 0.305 e. The summed E-state index contributed by atoms with van der Waals surface area (Å²) in [6, 6.07) is -0.852. The first-order valence-electron chi connectivity index (χ1n) is 25.7. The Morgan fingerprint density at radius 1 is 0.585 bits per heavy atom. The van der Waals surface area contributed by atoms with E-state index >= 15 is 0 Å². The van der Waals surface area contributed by atoms with Crippen LogP contribution >= 0.6 is 0 Å². The SMILES string of the molecule is CC/C=C/CC/C=C/CC/C=C/C(O)C(COC1OC(CO)C(O)C(O)C1O)NC(=O)CCCCCCCC/C=C\C=C/CCCCCOC(=O)CCCCCCC/C=C\CCCCC. The topological polar surface area (TPSA) is 175 Å². The third-order valence-corrected chi connectivity index (χ3v) is 11.5. The van der Waals surface area contributed by atoms with E-state index in [1.54, 1.807) is 6.08 Å². The smallest absolute Gasteiger partial charge is 0.305 e. The van der Waals surface area contributed by atoms with Crippen LogP contribution in [-0.2, 0) is 23.8 Å². The Kier molecular flexibility index (Phi) is 40.4. The van der Waals surface area contributed by atoms with Crippen LogP contribution < -0.4 is 5.32 Å². The van der Waals surface area contributed by atoms with Crippen molar-refractivity contribution < 1.29 is 49.3 Å². The van der Waals surface area contributed by atoms with Crippen LogP contribution in [0.15, 0.2) is 72.9 Å². The second-order valence-corrected chi connectivity index (χ2v) is 17.5. The van der Waals surface area contributed by atoms with Crippen LogP contribution in [0.2, 0.25) is 0 Å². The van der Waals surface area contributed by atoms with E-state index in [2.05, 4.69) is 79.9 Å². The number of nitrogens with one attached hydrogen (secondary N) is 1. The van der Waals surface area contributed by atoms with Gasteiger partial charge in [-0.3, -0.25) is 9.59 Å². The molecule has 0 aromatic heterocycles. The van der Waals surface area contributed by atoms with E-state index in [0.29, 0.717) is 32.3 Å². The number of hydrogen-bond donors (Lipinski definition) is 6. The maximum absolute atomic E-state index is 12.9. The first kappa shape index (κ1) is 60.1. The van der Waals surface area contributed by atoms with Crippen LogP contribution in [0, 0.1) is 0 Å². The van der Waals surface area contributed by atoms with Gasteiger partial charge in [0.25, 0.3) is 0 Å². The molecule has 1 amide bonds. The fourth-order valence-electron chi connectivity index (χ4n) is 7.40. The van der Waals surface area contributed by atoms with Gasteiger partial charge in [0.1, 0.15) is 24.4 Å². The van der Waals surface area contributed by atoms with Crippen molar-refractivity contribution in [3.63, 3.8) is 0 Å². The minimum Gasteiger partial charge on any atom is -0.466 e. The third kappa shape index (κ3) is 34.1. The number of carbonyl (C=O) groups excluding carboxylic acids is 2. The van der Waals surface area contributed by atoms with Crippen LogP contribution in [0.1, 0.15) is 194 Å².